The van der Waals surface area contributed by atoms with Crippen LogP contribution in [-0.4, -0.2) is 16.1 Å². The second-order valence-corrected chi connectivity index (χ2v) is 4.09. The second-order valence-electron chi connectivity index (χ2n) is 2.45. The Kier molecular flexibility index (Phi) is 2.39. The molecule has 0 aliphatic heterocycles. The van der Waals surface area contributed by atoms with E-state index in [4.69, 9.17) is 9.52 Å². The Bertz CT molecular complexity index is 476. The molecule has 0 spiro atoms. The third kappa shape index (κ3) is 1.71. The highest BCUT2D eigenvalue weighted by molar-refractivity contribution is 9.10. The molecule has 0 bridgehead atoms. The summed E-state index contributed by atoms with van der Waals surface area (Å²) >= 11 is 4.23. The van der Waals surface area contributed by atoms with Crippen LogP contribution >= 0.6 is 27.3 Å². The van der Waals surface area contributed by atoms with Gasteiger partial charge in [0.2, 0.25) is 5.01 Å². The number of carbonyl (C=O) groups is 1. The average Bonchev–Trinajstić information content (AvgIpc) is 2.70. The molecule has 6 heteroatoms. The molecule has 1 N–H and O–H groups in total. The summed E-state index contributed by atoms with van der Waals surface area (Å²) in [5.41, 5.74) is 0.540. The van der Waals surface area contributed by atoms with Gasteiger partial charge in [0.25, 0.3) is 0 Å². The molecular formula is C8H4BrNO3S. The molecule has 0 saturated carbocycles. The van der Waals surface area contributed by atoms with E-state index in [1.54, 1.807) is 17.5 Å². The SMILES string of the molecule is O=C(O)c1nc(-c2ccc(Br)o2)cs1. The molecule has 2 rings (SSSR count). The number of hydrogen-bond donors (Lipinski definition) is 1. The van der Waals surface area contributed by atoms with Crippen molar-refractivity contribution in [3.63, 3.8) is 0 Å². The van der Waals surface area contributed by atoms with Crippen molar-refractivity contribution in [1.82, 2.24) is 4.98 Å². The fourth-order valence-corrected chi connectivity index (χ4v) is 1.89. The van der Waals surface area contributed by atoms with Crippen molar-refractivity contribution < 1.29 is 14.3 Å². The lowest BCUT2D eigenvalue weighted by Crippen LogP contribution is -1.93. The fraction of sp³-hybridized carbons (Fsp3) is 0. The molecule has 14 heavy (non-hydrogen) atoms. The van der Waals surface area contributed by atoms with Crippen LogP contribution < -0.4 is 0 Å². The van der Waals surface area contributed by atoms with Gasteiger partial charge in [-0.2, -0.15) is 0 Å². The standard InChI is InChI=1S/C8H4BrNO3S/c9-6-2-1-5(13-6)4-3-14-7(10-4)8(11)12/h1-3H,(H,11,12). The lowest BCUT2D eigenvalue weighted by Gasteiger charge is -1.87. The minimum atomic E-state index is -1.02. The molecule has 0 radical (unpaired) electrons. The Balaban J connectivity index is 2.38. The van der Waals surface area contributed by atoms with Crippen molar-refractivity contribution in [3.8, 4) is 11.5 Å². The maximum Gasteiger partial charge on any atom is 0.365 e. The Hall–Kier alpha value is -1.14. The minimum absolute atomic E-state index is 0.0625. The first-order valence-corrected chi connectivity index (χ1v) is 5.28. The molecule has 0 aromatic carbocycles. The van der Waals surface area contributed by atoms with Crippen LogP contribution in [0.5, 0.6) is 0 Å². The monoisotopic (exact) mass is 273 g/mol. The smallest absolute Gasteiger partial charge is 0.365 e. The predicted octanol–water partition coefficient (Wildman–Crippen LogP) is 2.86. The summed E-state index contributed by atoms with van der Waals surface area (Å²) in [5, 5.41) is 10.4. The minimum Gasteiger partial charge on any atom is -0.476 e. The first-order chi connectivity index (χ1) is 6.66. The van der Waals surface area contributed by atoms with Gasteiger partial charge in [-0.1, -0.05) is 0 Å². The van der Waals surface area contributed by atoms with Crippen molar-refractivity contribution in [2.75, 3.05) is 0 Å². The van der Waals surface area contributed by atoms with Crippen molar-refractivity contribution in [2.45, 2.75) is 0 Å². The number of nitrogens with zero attached hydrogens (tertiary/aromatic N) is 1. The van der Waals surface area contributed by atoms with Crippen molar-refractivity contribution in [1.29, 1.82) is 0 Å². The Morgan fingerprint density at radius 2 is 2.36 bits per heavy atom. The summed E-state index contributed by atoms with van der Waals surface area (Å²) < 4.78 is 5.83. The highest BCUT2D eigenvalue weighted by Crippen LogP contribution is 2.26. The molecule has 72 valence electrons. The highest BCUT2D eigenvalue weighted by Gasteiger charge is 2.12. The van der Waals surface area contributed by atoms with E-state index in [1.807, 2.05) is 0 Å². The van der Waals surface area contributed by atoms with Gasteiger partial charge in [0.05, 0.1) is 0 Å². The van der Waals surface area contributed by atoms with Crippen LogP contribution in [0.4, 0.5) is 0 Å². The van der Waals surface area contributed by atoms with E-state index >= 15 is 0 Å². The number of aromatic nitrogens is 1. The van der Waals surface area contributed by atoms with E-state index in [2.05, 4.69) is 20.9 Å². The largest absolute Gasteiger partial charge is 0.476 e. The fourth-order valence-electron chi connectivity index (χ4n) is 0.937. The van der Waals surface area contributed by atoms with Gasteiger partial charge < -0.3 is 9.52 Å². The molecule has 0 saturated heterocycles. The summed E-state index contributed by atoms with van der Waals surface area (Å²) in [7, 11) is 0. The molecule has 2 heterocycles. The van der Waals surface area contributed by atoms with Crippen LogP contribution in [0.25, 0.3) is 11.5 Å². The molecule has 0 unspecified atom stereocenters. The number of furan rings is 1. The number of carboxylic acids is 1. The quantitative estimate of drug-likeness (QED) is 0.914. The van der Waals surface area contributed by atoms with E-state index < -0.39 is 5.97 Å². The molecule has 0 aliphatic rings. The maximum atomic E-state index is 10.6. The van der Waals surface area contributed by atoms with E-state index in [1.165, 1.54) is 0 Å². The van der Waals surface area contributed by atoms with E-state index in [-0.39, 0.29) is 5.01 Å². The lowest BCUT2D eigenvalue weighted by molar-refractivity contribution is 0.0696. The Labute approximate surface area is 91.3 Å². The van der Waals surface area contributed by atoms with Crippen LogP contribution in [0.15, 0.2) is 26.6 Å². The molecule has 0 amide bonds. The number of halogens is 1. The lowest BCUT2D eigenvalue weighted by atomic mass is 10.4. The summed E-state index contributed by atoms with van der Waals surface area (Å²) in [6, 6.07) is 3.46. The third-order valence-electron chi connectivity index (χ3n) is 1.51. The zero-order chi connectivity index (χ0) is 10.1. The maximum absolute atomic E-state index is 10.6. The molecular weight excluding hydrogens is 270 g/mol. The van der Waals surface area contributed by atoms with Crippen molar-refractivity contribution in [3.05, 3.63) is 27.2 Å². The second kappa shape index (κ2) is 3.55. The predicted molar refractivity (Wildman–Crippen MR) is 54.5 cm³/mol. The van der Waals surface area contributed by atoms with Gasteiger partial charge in [0, 0.05) is 5.38 Å². The van der Waals surface area contributed by atoms with Gasteiger partial charge in [-0.15, -0.1) is 11.3 Å². The normalized spacial score (nSPS) is 10.4. The van der Waals surface area contributed by atoms with E-state index in [9.17, 15) is 4.79 Å². The zero-order valence-electron chi connectivity index (χ0n) is 6.73. The van der Waals surface area contributed by atoms with Crippen molar-refractivity contribution in [2.24, 2.45) is 0 Å². The molecule has 0 aliphatic carbocycles. The van der Waals surface area contributed by atoms with Gasteiger partial charge in [-0.05, 0) is 28.1 Å². The Morgan fingerprint density at radius 1 is 1.57 bits per heavy atom. The summed E-state index contributed by atoms with van der Waals surface area (Å²) in [6.45, 7) is 0. The summed E-state index contributed by atoms with van der Waals surface area (Å²) in [6.07, 6.45) is 0. The Morgan fingerprint density at radius 3 is 2.86 bits per heavy atom. The molecule has 2 aromatic rings. The van der Waals surface area contributed by atoms with Crippen molar-refractivity contribution >= 4 is 33.2 Å². The average molecular weight is 274 g/mol. The number of rotatable bonds is 2. The van der Waals surface area contributed by atoms with Gasteiger partial charge in [-0.25, -0.2) is 9.78 Å². The van der Waals surface area contributed by atoms with Crippen LogP contribution in [0.1, 0.15) is 9.80 Å². The van der Waals surface area contributed by atoms with E-state index in [0.717, 1.165) is 11.3 Å². The molecule has 0 fully saturated rings. The van der Waals surface area contributed by atoms with Gasteiger partial charge in [0.15, 0.2) is 10.4 Å². The van der Waals surface area contributed by atoms with Gasteiger partial charge >= 0.3 is 5.97 Å². The number of hydrogen-bond acceptors (Lipinski definition) is 4. The topological polar surface area (TPSA) is 63.3 Å². The summed E-state index contributed by atoms with van der Waals surface area (Å²) in [4.78, 5) is 14.5. The van der Waals surface area contributed by atoms with E-state index in [0.29, 0.717) is 16.1 Å². The molecule has 4 nitrogen and oxygen atoms in total. The first-order valence-electron chi connectivity index (χ1n) is 3.61. The van der Waals surface area contributed by atoms with Crippen LogP contribution in [-0.2, 0) is 0 Å². The molecule has 0 atom stereocenters. The number of thiazole rings is 1. The zero-order valence-corrected chi connectivity index (χ0v) is 9.13. The van der Waals surface area contributed by atoms with Crippen LogP contribution in [0, 0.1) is 0 Å². The van der Waals surface area contributed by atoms with Crippen LogP contribution in [0.2, 0.25) is 0 Å². The number of carboxylic acid groups (broad SMARTS) is 1. The van der Waals surface area contributed by atoms with Gasteiger partial charge in [-0.3, -0.25) is 0 Å². The van der Waals surface area contributed by atoms with Gasteiger partial charge in [0.1, 0.15) is 5.69 Å². The summed E-state index contributed by atoms with van der Waals surface area (Å²) in [5.74, 6) is -0.465. The first kappa shape index (κ1) is 9.42. The highest BCUT2D eigenvalue weighted by atomic mass is 79.9. The third-order valence-corrected chi connectivity index (χ3v) is 2.77. The van der Waals surface area contributed by atoms with Crippen LogP contribution in [0.3, 0.4) is 0 Å². The number of aromatic carboxylic acids is 1. The molecule has 2 aromatic heterocycles.